The maximum atomic E-state index is 14.2. The molecule has 132 valence electrons. The van der Waals surface area contributed by atoms with Crippen LogP contribution in [0.3, 0.4) is 0 Å². The van der Waals surface area contributed by atoms with Crippen molar-refractivity contribution in [1.82, 2.24) is 19.5 Å². The van der Waals surface area contributed by atoms with E-state index in [9.17, 15) is 8.78 Å². The topological polar surface area (TPSA) is 79.4 Å². The van der Waals surface area contributed by atoms with Crippen LogP contribution in [0.2, 0.25) is 0 Å². The van der Waals surface area contributed by atoms with Gasteiger partial charge in [-0.15, -0.1) is 0 Å². The molecule has 0 fully saturated rings. The largest absolute Gasteiger partial charge is 0.338 e. The number of nitrogens with zero attached hydrogens (tertiary/aromatic N) is 5. The quantitative estimate of drug-likeness (QED) is 0.595. The number of rotatable bonds is 3. The Morgan fingerprint density at radius 2 is 1.85 bits per heavy atom. The maximum Gasteiger partial charge on any atom is 0.170 e. The van der Waals surface area contributed by atoms with Gasteiger partial charge in [0.2, 0.25) is 0 Å². The van der Waals surface area contributed by atoms with E-state index in [1.807, 2.05) is 0 Å². The average Bonchev–Trinajstić information content (AvgIpc) is 3.06. The summed E-state index contributed by atoms with van der Waals surface area (Å²) < 4.78 is 28.8. The Morgan fingerprint density at radius 1 is 1.07 bits per heavy atom. The number of nitrogens with one attached hydrogen (secondary N) is 1. The van der Waals surface area contributed by atoms with Crippen molar-refractivity contribution in [2.24, 2.45) is 0 Å². The number of fused-ring (bicyclic) bond motifs is 1. The summed E-state index contributed by atoms with van der Waals surface area (Å²) in [6.07, 6.45) is 1.42. The van der Waals surface area contributed by atoms with Crippen molar-refractivity contribution < 1.29 is 8.78 Å². The predicted molar refractivity (Wildman–Crippen MR) is 95.8 cm³/mol. The highest BCUT2D eigenvalue weighted by molar-refractivity contribution is 5.86. The Hall–Kier alpha value is -3.86. The van der Waals surface area contributed by atoms with E-state index in [0.717, 1.165) is 11.8 Å². The van der Waals surface area contributed by atoms with Gasteiger partial charge in [-0.1, -0.05) is 0 Å². The van der Waals surface area contributed by atoms with Gasteiger partial charge in [0.25, 0.3) is 0 Å². The molecule has 0 spiro atoms. The highest BCUT2D eigenvalue weighted by atomic mass is 19.1. The van der Waals surface area contributed by atoms with Gasteiger partial charge in [0, 0.05) is 11.8 Å². The molecule has 0 bridgehead atoms. The average molecular weight is 362 g/mol. The van der Waals surface area contributed by atoms with Crippen LogP contribution in [0.25, 0.3) is 16.9 Å². The smallest absolute Gasteiger partial charge is 0.170 e. The molecule has 0 unspecified atom stereocenters. The number of nitriles is 1. The van der Waals surface area contributed by atoms with Crippen molar-refractivity contribution in [3.8, 4) is 11.8 Å². The number of halogens is 2. The minimum atomic E-state index is -0.716. The molecule has 2 aromatic carbocycles. The molecule has 0 amide bonds. The van der Waals surface area contributed by atoms with Crippen LogP contribution in [-0.2, 0) is 0 Å². The molecule has 0 radical (unpaired) electrons. The molecule has 0 atom stereocenters. The fourth-order valence-electron chi connectivity index (χ4n) is 2.71. The minimum Gasteiger partial charge on any atom is -0.338 e. The Morgan fingerprint density at radius 3 is 2.56 bits per heavy atom. The Balaban J connectivity index is 1.81. The lowest BCUT2D eigenvalue weighted by atomic mass is 10.2. The molecule has 0 saturated heterocycles. The predicted octanol–water partition coefficient (Wildman–Crippen LogP) is 4.02. The van der Waals surface area contributed by atoms with Crippen LogP contribution in [0.15, 0.2) is 48.8 Å². The highest BCUT2D eigenvalue weighted by Crippen LogP contribution is 2.26. The molecule has 1 N–H and O–H groups in total. The van der Waals surface area contributed by atoms with Crippen molar-refractivity contribution in [3.63, 3.8) is 0 Å². The molecule has 4 aromatic rings. The molecule has 8 heteroatoms. The third-order valence-corrected chi connectivity index (χ3v) is 3.95. The molecule has 2 heterocycles. The lowest BCUT2D eigenvalue weighted by molar-refractivity contribution is 0.578. The first-order chi connectivity index (χ1) is 13.0. The van der Waals surface area contributed by atoms with Gasteiger partial charge in [-0.3, -0.25) is 4.57 Å². The van der Waals surface area contributed by atoms with Gasteiger partial charge < -0.3 is 5.32 Å². The lowest BCUT2D eigenvalue weighted by Crippen LogP contribution is -2.02. The van der Waals surface area contributed by atoms with Crippen molar-refractivity contribution in [1.29, 1.82) is 5.26 Å². The van der Waals surface area contributed by atoms with E-state index >= 15 is 0 Å². The second-order valence-electron chi connectivity index (χ2n) is 5.82. The minimum absolute atomic E-state index is 0.140. The number of imidazole rings is 1. The van der Waals surface area contributed by atoms with Gasteiger partial charge in [-0.05, 0) is 43.3 Å². The monoisotopic (exact) mass is 362 g/mol. The summed E-state index contributed by atoms with van der Waals surface area (Å²) in [5.74, 6) is -0.465. The van der Waals surface area contributed by atoms with Crippen LogP contribution in [0.5, 0.6) is 0 Å². The van der Waals surface area contributed by atoms with Gasteiger partial charge >= 0.3 is 0 Å². The fraction of sp³-hybridized carbons (Fsp3) is 0.0526. The first kappa shape index (κ1) is 16.6. The van der Waals surface area contributed by atoms with Crippen LogP contribution >= 0.6 is 0 Å². The molecular formula is C19H12F2N6. The van der Waals surface area contributed by atoms with E-state index in [4.69, 9.17) is 5.26 Å². The molecule has 0 aliphatic rings. The third kappa shape index (κ3) is 3.06. The van der Waals surface area contributed by atoms with Gasteiger partial charge in [0.05, 0.1) is 17.3 Å². The summed E-state index contributed by atoms with van der Waals surface area (Å²) in [5, 5.41) is 12.0. The maximum absolute atomic E-state index is 14.2. The second-order valence-corrected chi connectivity index (χ2v) is 5.82. The molecule has 27 heavy (non-hydrogen) atoms. The summed E-state index contributed by atoms with van der Waals surface area (Å²) in [5.41, 5.74) is 2.23. The Labute approximate surface area is 152 Å². The zero-order chi connectivity index (χ0) is 19.0. The number of anilines is 2. The van der Waals surface area contributed by atoms with E-state index in [1.54, 1.807) is 31.2 Å². The molecule has 0 aliphatic heterocycles. The SMILES string of the molecule is Cc1nc(Nc2ccc(C#N)cc2)c2ncn(-c3ccc(F)cc3F)c2n1. The van der Waals surface area contributed by atoms with E-state index < -0.39 is 11.6 Å². The van der Waals surface area contributed by atoms with E-state index in [-0.39, 0.29) is 5.69 Å². The summed E-state index contributed by atoms with van der Waals surface area (Å²) >= 11 is 0. The van der Waals surface area contributed by atoms with Crippen LogP contribution in [0.4, 0.5) is 20.3 Å². The third-order valence-electron chi connectivity index (χ3n) is 3.95. The second kappa shape index (κ2) is 6.46. The van der Waals surface area contributed by atoms with E-state index in [1.165, 1.54) is 23.0 Å². The van der Waals surface area contributed by atoms with Crippen molar-refractivity contribution in [2.45, 2.75) is 6.92 Å². The lowest BCUT2D eigenvalue weighted by Gasteiger charge is -2.09. The Bertz CT molecular complexity index is 1190. The molecule has 2 aromatic heterocycles. The molecule has 6 nitrogen and oxygen atoms in total. The van der Waals surface area contributed by atoms with Crippen molar-refractivity contribution >= 4 is 22.7 Å². The van der Waals surface area contributed by atoms with Crippen LogP contribution in [0, 0.1) is 29.9 Å². The zero-order valence-corrected chi connectivity index (χ0v) is 14.1. The fourth-order valence-corrected chi connectivity index (χ4v) is 2.71. The van der Waals surface area contributed by atoms with Crippen molar-refractivity contribution in [3.05, 3.63) is 71.8 Å². The molecule has 0 aliphatic carbocycles. The number of hydrogen-bond acceptors (Lipinski definition) is 5. The summed E-state index contributed by atoms with van der Waals surface area (Å²) in [6, 6.07) is 12.2. The normalized spacial score (nSPS) is 10.7. The first-order valence-corrected chi connectivity index (χ1v) is 7.99. The van der Waals surface area contributed by atoms with Crippen LogP contribution in [0.1, 0.15) is 11.4 Å². The summed E-state index contributed by atoms with van der Waals surface area (Å²) in [4.78, 5) is 13.0. The van der Waals surface area contributed by atoms with Crippen LogP contribution < -0.4 is 5.32 Å². The van der Waals surface area contributed by atoms with Crippen LogP contribution in [-0.4, -0.2) is 19.5 Å². The number of aryl methyl sites for hydroxylation is 1. The Kier molecular flexibility index (Phi) is 3.97. The molecule has 0 saturated carbocycles. The van der Waals surface area contributed by atoms with Gasteiger partial charge in [0.15, 0.2) is 17.0 Å². The number of hydrogen-bond donors (Lipinski definition) is 1. The van der Waals surface area contributed by atoms with Crippen molar-refractivity contribution in [2.75, 3.05) is 5.32 Å². The summed E-state index contributed by atoms with van der Waals surface area (Å²) in [6.45, 7) is 1.71. The van der Waals surface area contributed by atoms with E-state index in [0.29, 0.717) is 28.4 Å². The number of benzene rings is 2. The van der Waals surface area contributed by atoms with Gasteiger partial charge in [-0.2, -0.15) is 5.26 Å². The number of aromatic nitrogens is 4. The first-order valence-electron chi connectivity index (χ1n) is 7.99. The standard InChI is InChI=1S/C19H12F2N6/c1-11-24-18(26-14-5-2-12(9-22)3-6-14)17-19(25-11)27(10-23-17)16-7-4-13(20)8-15(16)21/h2-8,10H,1H3,(H,24,25,26). The summed E-state index contributed by atoms with van der Waals surface area (Å²) in [7, 11) is 0. The highest BCUT2D eigenvalue weighted by Gasteiger charge is 2.15. The van der Waals surface area contributed by atoms with Gasteiger partial charge in [-0.25, -0.2) is 23.7 Å². The van der Waals surface area contributed by atoms with E-state index in [2.05, 4.69) is 26.3 Å². The van der Waals surface area contributed by atoms with Gasteiger partial charge in [0.1, 0.15) is 23.8 Å². The zero-order valence-electron chi connectivity index (χ0n) is 14.1. The molecule has 4 rings (SSSR count). The molecular weight excluding hydrogens is 350 g/mol.